The summed E-state index contributed by atoms with van der Waals surface area (Å²) < 4.78 is 33.1. The van der Waals surface area contributed by atoms with Gasteiger partial charge in [-0.1, -0.05) is 18.2 Å². The fourth-order valence-corrected chi connectivity index (χ4v) is 3.92. The molecule has 1 unspecified atom stereocenters. The highest BCUT2D eigenvalue weighted by Crippen LogP contribution is 2.23. The van der Waals surface area contributed by atoms with E-state index >= 15 is 0 Å². The molecule has 2 aromatic carbocycles. The molecule has 3 rings (SSSR count). The van der Waals surface area contributed by atoms with Gasteiger partial charge in [0.25, 0.3) is 0 Å². The lowest BCUT2D eigenvalue weighted by Crippen LogP contribution is -2.33. The quantitative estimate of drug-likeness (QED) is 0.808. The first-order valence-electron chi connectivity index (χ1n) is 8.57. The van der Waals surface area contributed by atoms with E-state index in [-0.39, 0.29) is 23.5 Å². The van der Waals surface area contributed by atoms with Gasteiger partial charge in [-0.15, -0.1) is 0 Å². The van der Waals surface area contributed by atoms with Crippen molar-refractivity contribution in [3.8, 4) is 5.75 Å². The number of carbonyl (C=O) groups excluding carboxylic acids is 1. The van der Waals surface area contributed by atoms with E-state index in [1.165, 1.54) is 12.1 Å². The molecule has 7 heteroatoms. The summed E-state index contributed by atoms with van der Waals surface area (Å²) in [6.45, 7) is 2.64. The normalized spacial score (nSPS) is 15.9. The van der Waals surface area contributed by atoms with E-state index in [0.717, 1.165) is 12.1 Å². The molecular weight excluding hydrogens is 352 g/mol. The van der Waals surface area contributed by atoms with Crippen molar-refractivity contribution in [3.63, 3.8) is 0 Å². The summed E-state index contributed by atoms with van der Waals surface area (Å²) in [5.74, 6) is 0.768. The number of nitrogens with zero attached hydrogens (tertiary/aromatic N) is 1. The molecule has 1 aliphatic heterocycles. The minimum absolute atomic E-state index is 0.0746. The molecule has 2 aromatic rings. The van der Waals surface area contributed by atoms with E-state index in [2.05, 4.69) is 4.72 Å². The molecular formula is C19H22N2O4S. The second-order valence-corrected chi connectivity index (χ2v) is 8.00. The third kappa shape index (κ3) is 4.42. The molecule has 0 spiro atoms. The van der Waals surface area contributed by atoms with Crippen molar-refractivity contribution in [2.24, 2.45) is 0 Å². The van der Waals surface area contributed by atoms with E-state index in [1.807, 2.05) is 30.3 Å². The number of hydrogen-bond acceptors (Lipinski definition) is 4. The molecule has 0 aliphatic carbocycles. The molecule has 26 heavy (non-hydrogen) atoms. The van der Waals surface area contributed by atoms with E-state index in [0.29, 0.717) is 18.7 Å². The Labute approximate surface area is 153 Å². The molecule has 1 aliphatic rings. The van der Waals surface area contributed by atoms with Gasteiger partial charge in [-0.2, -0.15) is 0 Å². The summed E-state index contributed by atoms with van der Waals surface area (Å²) in [7, 11) is -3.63. The fourth-order valence-electron chi connectivity index (χ4n) is 2.81. The Morgan fingerprint density at radius 3 is 2.42 bits per heavy atom. The van der Waals surface area contributed by atoms with Crippen LogP contribution in [0.25, 0.3) is 0 Å². The van der Waals surface area contributed by atoms with Gasteiger partial charge in [0.1, 0.15) is 11.9 Å². The van der Waals surface area contributed by atoms with Gasteiger partial charge in [0.2, 0.25) is 15.9 Å². The van der Waals surface area contributed by atoms with Crippen LogP contribution in [0.4, 0.5) is 5.69 Å². The van der Waals surface area contributed by atoms with Crippen molar-refractivity contribution < 1.29 is 17.9 Å². The van der Waals surface area contributed by atoms with Crippen LogP contribution in [0.2, 0.25) is 0 Å². The van der Waals surface area contributed by atoms with Gasteiger partial charge >= 0.3 is 0 Å². The highest BCUT2D eigenvalue weighted by molar-refractivity contribution is 7.89. The number of carbonyl (C=O) groups is 1. The Hall–Kier alpha value is -2.38. The Bertz CT molecular complexity index is 851. The van der Waals surface area contributed by atoms with Crippen molar-refractivity contribution in [2.45, 2.75) is 30.8 Å². The largest absolute Gasteiger partial charge is 0.489 e. The van der Waals surface area contributed by atoms with Crippen molar-refractivity contribution in [3.05, 3.63) is 54.6 Å². The van der Waals surface area contributed by atoms with E-state index < -0.39 is 10.0 Å². The Balaban J connectivity index is 1.60. The average molecular weight is 374 g/mol. The first-order valence-corrected chi connectivity index (χ1v) is 10.1. The van der Waals surface area contributed by atoms with Crippen LogP contribution in [0.1, 0.15) is 19.8 Å². The Morgan fingerprint density at radius 1 is 1.12 bits per heavy atom. The van der Waals surface area contributed by atoms with Crippen LogP contribution < -0.4 is 14.4 Å². The number of sulfonamides is 1. The molecule has 0 saturated carbocycles. The van der Waals surface area contributed by atoms with Gasteiger partial charge in [-0.25, -0.2) is 13.1 Å². The number of ether oxygens (including phenoxy) is 1. The minimum Gasteiger partial charge on any atom is -0.489 e. The van der Waals surface area contributed by atoms with E-state index in [9.17, 15) is 13.2 Å². The summed E-state index contributed by atoms with van der Waals surface area (Å²) in [5.41, 5.74) is 0.729. The molecule has 0 bridgehead atoms. The number of para-hydroxylation sites is 1. The van der Waals surface area contributed by atoms with Crippen molar-refractivity contribution in [2.75, 3.05) is 18.0 Å². The maximum Gasteiger partial charge on any atom is 0.240 e. The average Bonchev–Trinajstić information content (AvgIpc) is 3.07. The highest BCUT2D eigenvalue weighted by Gasteiger charge is 2.22. The molecule has 1 amide bonds. The zero-order chi connectivity index (χ0) is 18.6. The van der Waals surface area contributed by atoms with Crippen LogP contribution in [0.15, 0.2) is 59.5 Å². The second-order valence-electron chi connectivity index (χ2n) is 6.24. The summed E-state index contributed by atoms with van der Waals surface area (Å²) in [5, 5.41) is 0. The lowest BCUT2D eigenvalue weighted by molar-refractivity contribution is -0.117. The van der Waals surface area contributed by atoms with Crippen LogP contribution in [0.3, 0.4) is 0 Å². The van der Waals surface area contributed by atoms with E-state index in [4.69, 9.17) is 4.74 Å². The van der Waals surface area contributed by atoms with Gasteiger partial charge in [-0.05, 0) is 49.7 Å². The predicted molar refractivity (Wildman–Crippen MR) is 99.7 cm³/mol. The topological polar surface area (TPSA) is 75.7 Å². The van der Waals surface area contributed by atoms with Gasteiger partial charge in [0.15, 0.2) is 0 Å². The monoisotopic (exact) mass is 374 g/mol. The first-order chi connectivity index (χ1) is 12.5. The molecule has 1 fully saturated rings. The molecule has 1 N–H and O–H groups in total. The van der Waals surface area contributed by atoms with Gasteiger partial charge in [-0.3, -0.25) is 4.79 Å². The smallest absolute Gasteiger partial charge is 0.240 e. The number of hydrogen-bond donors (Lipinski definition) is 1. The van der Waals surface area contributed by atoms with Gasteiger partial charge in [0, 0.05) is 25.2 Å². The Kier molecular flexibility index (Phi) is 5.58. The van der Waals surface area contributed by atoms with Gasteiger partial charge < -0.3 is 9.64 Å². The summed E-state index contributed by atoms with van der Waals surface area (Å²) >= 11 is 0. The first kappa shape index (κ1) is 18.4. The fraction of sp³-hybridized carbons (Fsp3) is 0.316. The van der Waals surface area contributed by atoms with Gasteiger partial charge in [0.05, 0.1) is 4.90 Å². The van der Waals surface area contributed by atoms with Crippen LogP contribution >= 0.6 is 0 Å². The predicted octanol–water partition coefficient (Wildman–Crippen LogP) is 2.56. The zero-order valence-electron chi connectivity index (χ0n) is 14.6. The number of rotatable bonds is 7. The number of anilines is 1. The molecule has 1 saturated heterocycles. The van der Waals surface area contributed by atoms with Crippen molar-refractivity contribution in [1.29, 1.82) is 0 Å². The van der Waals surface area contributed by atoms with E-state index in [1.54, 1.807) is 24.0 Å². The summed E-state index contributed by atoms with van der Waals surface area (Å²) in [6.07, 6.45) is 1.06. The lowest BCUT2D eigenvalue weighted by atomic mass is 10.3. The summed E-state index contributed by atoms with van der Waals surface area (Å²) in [4.78, 5) is 13.6. The standard InChI is InChI=1S/C19H22N2O4S/c1-15(25-17-6-3-2-4-7-17)14-20-26(23,24)18-11-9-16(10-12-18)21-13-5-8-19(21)22/h2-4,6-7,9-12,15,20H,5,8,13-14H2,1H3. The number of benzene rings is 2. The Morgan fingerprint density at radius 2 is 1.81 bits per heavy atom. The molecule has 0 radical (unpaired) electrons. The third-order valence-corrected chi connectivity index (χ3v) is 5.61. The molecule has 6 nitrogen and oxygen atoms in total. The van der Waals surface area contributed by atoms with Crippen LogP contribution in [-0.2, 0) is 14.8 Å². The van der Waals surface area contributed by atoms with Crippen LogP contribution in [-0.4, -0.2) is 33.5 Å². The highest BCUT2D eigenvalue weighted by atomic mass is 32.2. The number of amides is 1. The molecule has 0 aromatic heterocycles. The number of nitrogens with one attached hydrogen (secondary N) is 1. The molecule has 1 heterocycles. The maximum atomic E-state index is 12.4. The summed E-state index contributed by atoms with van der Waals surface area (Å²) in [6, 6.07) is 15.6. The third-order valence-electron chi connectivity index (χ3n) is 4.17. The van der Waals surface area contributed by atoms with Crippen LogP contribution in [0.5, 0.6) is 5.75 Å². The van der Waals surface area contributed by atoms with Crippen LogP contribution in [0, 0.1) is 0 Å². The van der Waals surface area contributed by atoms with Crippen molar-refractivity contribution in [1.82, 2.24) is 4.72 Å². The zero-order valence-corrected chi connectivity index (χ0v) is 15.4. The second kappa shape index (κ2) is 7.88. The van der Waals surface area contributed by atoms with Crippen molar-refractivity contribution >= 4 is 21.6 Å². The molecule has 138 valence electrons. The molecule has 1 atom stereocenters. The SMILES string of the molecule is CC(CNS(=O)(=O)c1ccc(N2CCCC2=O)cc1)Oc1ccccc1. The maximum absolute atomic E-state index is 12.4. The lowest BCUT2D eigenvalue weighted by Gasteiger charge is -2.17. The minimum atomic E-state index is -3.63.